The second-order valence-electron chi connectivity index (χ2n) is 8.65. The summed E-state index contributed by atoms with van der Waals surface area (Å²) in [5, 5.41) is 2.86. The molecule has 1 aliphatic rings. The number of ether oxygens (including phenoxy) is 1. The van der Waals surface area contributed by atoms with Crippen LogP contribution in [0.25, 0.3) is 0 Å². The number of β-lactam (4-membered cyclic amide) rings is 1. The number of benzene rings is 2. The van der Waals surface area contributed by atoms with E-state index in [1.54, 1.807) is 0 Å². The maximum absolute atomic E-state index is 13.2. The Hall–Kier alpha value is -2.82. The van der Waals surface area contributed by atoms with Crippen LogP contribution in [0.15, 0.2) is 60.7 Å². The second kappa shape index (κ2) is 8.27. The van der Waals surface area contributed by atoms with Crippen LogP contribution in [0, 0.1) is 5.92 Å². The van der Waals surface area contributed by atoms with Crippen molar-refractivity contribution in [2.45, 2.75) is 58.3 Å². The van der Waals surface area contributed by atoms with Crippen molar-refractivity contribution >= 4 is 12.0 Å². The van der Waals surface area contributed by atoms with Gasteiger partial charge in [0.1, 0.15) is 5.60 Å². The fraction of sp³-hybridized carbons (Fsp3) is 0.417. The van der Waals surface area contributed by atoms with Gasteiger partial charge in [-0.3, -0.25) is 4.79 Å². The van der Waals surface area contributed by atoms with Gasteiger partial charge in [0.15, 0.2) is 0 Å². The molecule has 0 bridgehead atoms. The smallest absolute Gasteiger partial charge is 0.407 e. The van der Waals surface area contributed by atoms with Gasteiger partial charge in [-0.15, -0.1) is 0 Å². The van der Waals surface area contributed by atoms with Gasteiger partial charge in [0.2, 0.25) is 5.91 Å². The minimum Gasteiger partial charge on any atom is -0.444 e. The first-order valence-electron chi connectivity index (χ1n) is 10.1. The lowest BCUT2D eigenvalue weighted by molar-refractivity contribution is -0.163. The molecule has 0 saturated carbocycles. The van der Waals surface area contributed by atoms with E-state index >= 15 is 0 Å². The molecule has 3 rings (SSSR count). The van der Waals surface area contributed by atoms with Crippen molar-refractivity contribution in [3.05, 3.63) is 71.8 Å². The number of amides is 2. The molecule has 0 aromatic heterocycles. The molecular weight excluding hydrogens is 364 g/mol. The SMILES string of the molecule is C[C@H](NC(=O)OC(C)(C)C)[C@H]1C(=O)N([C@H](C)c2ccccc2)[C@@H]1c1ccccc1. The largest absolute Gasteiger partial charge is 0.444 e. The summed E-state index contributed by atoms with van der Waals surface area (Å²) in [5.74, 6) is -0.296. The van der Waals surface area contributed by atoms with Crippen molar-refractivity contribution in [3.8, 4) is 0 Å². The van der Waals surface area contributed by atoms with Crippen LogP contribution < -0.4 is 5.32 Å². The van der Waals surface area contributed by atoms with Gasteiger partial charge >= 0.3 is 6.09 Å². The molecule has 0 aliphatic carbocycles. The Balaban J connectivity index is 1.83. The van der Waals surface area contributed by atoms with E-state index in [0.717, 1.165) is 11.1 Å². The molecule has 154 valence electrons. The summed E-state index contributed by atoms with van der Waals surface area (Å²) >= 11 is 0. The van der Waals surface area contributed by atoms with Gasteiger partial charge in [0.25, 0.3) is 0 Å². The third kappa shape index (κ3) is 4.61. The highest BCUT2D eigenvalue weighted by Crippen LogP contribution is 2.46. The summed E-state index contributed by atoms with van der Waals surface area (Å²) in [6, 6.07) is 19.5. The number of carbonyl (C=O) groups is 2. The van der Waals surface area contributed by atoms with E-state index in [1.165, 1.54) is 0 Å². The lowest BCUT2D eigenvalue weighted by Gasteiger charge is -2.52. The first-order chi connectivity index (χ1) is 13.7. The van der Waals surface area contributed by atoms with Gasteiger partial charge in [-0.1, -0.05) is 60.7 Å². The van der Waals surface area contributed by atoms with E-state index in [2.05, 4.69) is 5.32 Å². The number of nitrogens with zero attached hydrogens (tertiary/aromatic N) is 1. The maximum atomic E-state index is 13.2. The predicted octanol–water partition coefficient (Wildman–Crippen LogP) is 4.86. The molecule has 1 aliphatic heterocycles. The fourth-order valence-electron chi connectivity index (χ4n) is 3.95. The number of rotatable bonds is 5. The third-order valence-corrected chi connectivity index (χ3v) is 5.30. The van der Waals surface area contributed by atoms with Crippen molar-refractivity contribution in [2.75, 3.05) is 0 Å². The minimum atomic E-state index is -0.583. The van der Waals surface area contributed by atoms with E-state index in [4.69, 9.17) is 4.74 Å². The normalized spacial score (nSPS) is 21.1. The van der Waals surface area contributed by atoms with Crippen LogP contribution in [-0.2, 0) is 9.53 Å². The Kier molecular flexibility index (Phi) is 5.96. The molecule has 0 unspecified atom stereocenters. The number of nitrogens with one attached hydrogen (secondary N) is 1. The molecule has 2 amide bonds. The van der Waals surface area contributed by atoms with E-state index < -0.39 is 11.7 Å². The van der Waals surface area contributed by atoms with E-state index in [-0.39, 0.29) is 30.0 Å². The topological polar surface area (TPSA) is 58.6 Å². The summed E-state index contributed by atoms with van der Waals surface area (Å²) in [4.78, 5) is 27.4. The number of carbonyl (C=O) groups excluding carboxylic acids is 2. The zero-order chi connectivity index (χ0) is 21.2. The van der Waals surface area contributed by atoms with E-state index in [9.17, 15) is 9.59 Å². The Labute approximate surface area is 173 Å². The number of hydrogen-bond acceptors (Lipinski definition) is 3. The molecule has 2 aromatic carbocycles. The van der Waals surface area contributed by atoms with Crippen molar-refractivity contribution < 1.29 is 14.3 Å². The van der Waals surface area contributed by atoms with Crippen LogP contribution in [0.4, 0.5) is 4.79 Å². The zero-order valence-corrected chi connectivity index (χ0v) is 17.8. The Morgan fingerprint density at radius 2 is 1.55 bits per heavy atom. The molecule has 5 heteroatoms. The van der Waals surface area contributed by atoms with Crippen molar-refractivity contribution in [1.82, 2.24) is 10.2 Å². The van der Waals surface area contributed by atoms with Crippen LogP contribution in [0.5, 0.6) is 0 Å². The lowest BCUT2D eigenvalue weighted by Crippen LogP contribution is -2.62. The quantitative estimate of drug-likeness (QED) is 0.737. The summed E-state index contributed by atoms with van der Waals surface area (Å²) in [5.41, 5.74) is 1.57. The molecule has 4 atom stereocenters. The van der Waals surface area contributed by atoms with Gasteiger partial charge in [0, 0.05) is 6.04 Å². The fourth-order valence-corrected chi connectivity index (χ4v) is 3.95. The molecule has 5 nitrogen and oxygen atoms in total. The summed E-state index contributed by atoms with van der Waals surface area (Å²) in [6.45, 7) is 9.38. The van der Waals surface area contributed by atoms with E-state index in [0.29, 0.717) is 0 Å². The Bertz CT molecular complexity index is 845. The van der Waals surface area contributed by atoms with Gasteiger partial charge in [-0.05, 0) is 45.7 Å². The average Bonchev–Trinajstić information content (AvgIpc) is 2.65. The third-order valence-electron chi connectivity index (χ3n) is 5.30. The molecule has 1 fully saturated rings. The summed E-state index contributed by atoms with van der Waals surface area (Å²) in [7, 11) is 0. The van der Waals surface area contributed by atoms with Crippen LogP contribution in [0.2, 0.25) is 0 Å². The van der Waals surface area contributed by atoms with Crippen molar-refractivity contribution in [2.24, 2.45) is 5.92 Å². The Morgan fingerprint density at radius 1 is 1.00 bits per heavy atom. The molecule has 29 heavy (non-hydrogen) atoms. The summed E-state index contributed by atoms with van der Waals surface area (Å²) < 4.78 is 5.37. The Morgan fingerprint density at radius 3 is 2.10 bits per heavy atom. The molecule has 1 heterocycles. The number of alkyl carbamates (subject to hydrolysis) is 1. The minimum absolute atomic E-state index is 0.0405. The average molecular weight is 395 g/mol. The molecule has 2 aromatic rings. The highest BCUT2D eigenvalue weighted by molar-refractivity contribution is 5.88. The standard InChI is InChI=1S/C24H30N2O3/c1-16(25-23(28)29-24(3,4)5)20-21(19-14-10-7-11-15-19)26(22(20)27)17(2)18-12-8-6-9-13-18/h6-17,20-21H,1-5H3,(H,25,28)/t16-,17+,20+,21+/m0/s1. The van der Waals surface area contributed by atoms with Crippen LogP contribution >= 0.6 is 0 Å². The molecule has 0 spiro atoms. The second-order valence-corrected chi connectivity index (χ2v) is 8.65. The van der Waals surface area contributed by atoms with Crippen LogP contribution in [0.1, 0.15) is 57.8 Å². The van der Waals surface area contributed by atoms with Crippen molar-refractivity contribution in [1.29, 1.82) is 0 Å². The first kappa shape index (κ1) is 20.9. The highest BCUT2D eigenvalue weighted by Gasteiger charge is 2.52. The number of likely N-dealkylation sites (tertiary alicyclic amines) is 1. The van der Waals surface area contributed by atoms with Crippen LogP contribution in [0.3, 0.4) is 0 Å². The molecule has 0 radical (unpaired) electrons. The van der Waals surface area contributed by atoms with Crippen molar-refractivity contribution in [3.63, 3.8) is 0 Å². The molecule has 1 N–H and O–H groups in total. The zero-order valence-electron chi connectivity index (χ0n) is 17.8. The van der Waals surface area contributed by atoms with Gasteiger partial charge in [0.05, 0.1) is 18.0 Å². The lowest BCUT2D eigenvalue weighted by atomic mass is 9.76. The molecular formula is C24H30N2O3. The summed E-state index contributed by atoms with van der Waals surface area (Å²) in [6.07, 6.45) is -0.501. The number of hydrogen-bond donors (Lipinski definition) is 1. The first-order valence-corrected chi connectivity index (χ1v) is 10.1. The monoisotopic (exact) mass is 394 g/mol. The van der Waals surface area contributed by atoms with E-state index in [1.807, 2.05) is 100 Å². The highest BCUT2D eigenvalue weighted by atomic mass is 16.6. The maximum Gasteiger partial charge on any atom is 0.407 e. The molecule has 1 saturated heterocycles. The van der Waals surface area contributed by atoms with Gasteiger partial charge < -0.3 is 15.0 Å². The van der Waals surface area contributed by atoms with Gasteiger partial charge in [-0.2, -0.15) is 0 Å². The predicted molar refractivity (Wildman–Crippen MR) is 113 cm³/mol. The van der Waals surface area contributed by atoms with Crippen LogP contribution in [-0.4, -0.2) is 28.5 Å². The van der Waals surface area contributed by atoms with Gasteiger partial charge in [-0.25, -0.2) is 4.79 Å².